The van der Waals surface area contributed by atoms with E-state index in [1.807, 2.05) is 42.3 Å². The van der Waals surface area contributed by atoms with E-state index in [0.29, 0.717) is 36.6 Å². The van der Waals surface area contributed by atoms with Crippen molar-refractivity contribution in [2.75, 3.05) is 20.1 Å². The number of aliphatic hydroxyl groups is 1. The Morgan fingerprint density at radius 3 is 2.53 bits per heavy atom. The number of phenolic OH excluding ortho intramolecular Hbond substituents is 2. The Bertz CT molecular complexity index is 1400. The summed E-state index contributed by atoms with van der Waals surface area (Å²) in [6, 6.07) is 19.1. The van der Waals surface area contributed by atoms with Gasteiger partial charge in [-0.1, -0.05) is 30.3 Å². The van der Waals surface area contributed by atoms with E-state index in [4.69, 9.17) is 9.15 Å². The number of aliphatic hydroxyl groups excluding tert-OH is 1. The second kappa shape index (κ2) is 8.85. The number of benzene rings is 3. The molecule has 0 radical (unpaired) electrons. The Labute approximate surface area is 196 Å². The van der Waals surface area contributed by atoms with Gasteiger partial charge in [0.1, 0.15) is 39.7 Å². The quantitative estimate of drug-likeness (QED) is 0.414. The van der Waals surface area contributed by atoms with E-state index < -0.39 is 17.5 Å². The maximum atomic E-state index is 13.0. The first-order valence-corrected chi connectivity index (χ1v) is 11.1. The van der Waals surface area contributed by atoms with Gasteiger partial charge in [0.15, 0.2) is 5.43 Å². The van der Waals surface area contributed by atoms with Crippen LogP contribution in [0.25, 0.3) is 22.3 Å². The summed E-state index contributed by atoms with van der Waals surface area (Å²) in [5.41, 5.74) is 0.428. The maximum Gasteiger partial charge on any atom is 0.197 e. The van der Waals surface area contributed by atoms with Crippen molar-refractivity contribution in [1.29, 1.82) is 0 Å². The molecule has 1 aromatic heterocycles. The third-order valence-electron chi connectivity index (χ3n) is 6.26. The van der Waals surface area contributed by atoms with Crippen molar-refractivity contribution in [3.05, 3.63) is 82.5 Å². The molecule has 4 aromatic rings. The first kappa shape index (κ1) is 22.0. The van der Waals surface area contributed by atoms with Crippen LogP contribution in [-0.2, 0) is 0 Å². The van der Waals surface area contributed by atoms with Crippen LogP contribution in [0.5, 0.6) is 23.0 Å². The number of β-amino-alcohol motifs (C(OH)–C–C–N with tert-alkyl or cyclic N) is 1. The van der Waals surface area contributed by atoms with E-state index in [0.717, 1.165) is 0 Å². The predicted molar refractivity (Wildman–Crippen MR) is 129 cm³/mol. The number of likely N-dealkylation sites (N-methyl/N-ethyl adjacent to an activating group) is 1. The van der Waals surface area contributed by atoms with Crippen molar-refractivity contribution in [1.82, 2.24) is 4.90 Å². The zero-order chi connectivity index (χ0) is 23.8. The first-order valence-electron chi connectivity index (χ1n) is 11.1. The molecule has 0 amide bonds. The molecule has 2 heterocycles. The van der Waals surface area contributed by atoms with Gasteiger partial charge in [0.2, 0.25) is 0 Å². The van der Waals surface area contributed by atoms with Crippen molar-refractivity contribution in [3.63, 3.8) is 0 Å². The van der Waals surface area contributed by atoms with Gasteiger partial charge < -0.3 is 29.4 Å². The lowest BCUT2D eigenvalue weighted by Crippen LogP contribution is -2.40. The Kier molecular flexibility index (Phi) is 5.73. The molecule has 5 rings (SSSR count). The van der Waals surface area contributed by atoms with Crippen LogP contribution >= 0.6 is 0 Å². The van der Waals surface area contributed by atoms with Gasteiger partial charge in [0, 0.05) is 35.7 Å². The summed E-state index contributed by atoms with van der Waals surface area (Å²) in [4.78, 5) is 15.0. The minimum absolute atomic E-state index is 0.0145. The third kappa shape index (κ3) is 4.11. The molecular formula is C27H25NO6. The first-order chi connectivity index (χ1) is 16.4. The fourth-order valence-corrected chi connectivity index (χ4v) is 4.58. The number of phenols is 2. The normalized spacial score (nSPS) is 18.8. The number of hydrogen-bond acceptors (Lipinski definition) is 7. The lowest BCUT2D eigenvalue weighted by Gasteiger charge is -2.34. The lowest BCUT2D eigenvalue weighted by molar-refractivity contribution is 0.0621. The molecule has 3 N–H and O–H groups in total. The van der Waals surface area contributed by atoms with Gasteiger partial charge in [-0.2, -0.15) is 0 Å². The van der Waals surface area contributed by atoms with Crippen molar-refractivity contribution in [2.24, 2.45) is 0 Å². The summed E-state index contributed by atoms with van der Waals surface area (Å²) in [6.07, 6.45) is -0.228. The van der Waals surface area contributed by atoms with Gasteiger partial charge in [-0.15, -0.1) is 0 Å². The number of ether oxygens (including phenoxy) is 1. The molecule has 0 bridgehead atoms. The van der Waals surface area contributed by atoms with Crippen LogP contribution in [0.4, 0.5) is 0 Å². The molecule has 0 unspecified atom stereocenters. The van der Waals surface area contributed by atoms with E-state index in [1.165, 1.54) is 12.1 Å². The minimum Gasteiger partial charge on any atom is -0.507 e. The summed E-state index contributed by atoms with van der Waals surface area (Å²) in [5, 5.41) is 32.2. The maximum absolute atomic E-state index is 13.0. The topological polar surface area (TPSA) is 103 Å². The minimum atomic E-state index is -0.772. The fraction of sp³-hybridized carbons (Fsp3) is 0.222. The van der Waals surface area contributed by atoms with E-state index >= 15 is 0 Å². The standard InChI is InChI=1S/C27H25NO6/c1-28-11-10-19(22(31)15-28)25-20(29)14-24-26(27(25)32)21(30)13-23(34-24)16-6-5-9-18(12-16)33-17-7-3-2-4-8-17/h2-9,12-14,19,22,29,31-32H,10-11,15H2,1H3/t19-,22+/m0/s1. The number of fused-ring (bicyclic) bond motifs is 1. The van der Waals surface area contributed by atoms with Gasteiger partial charge in [0.05, 0.1) is 6.10 Å². The molecule has 174 valence electrons. The molecule has 0 spiro atoms. The number of aromatic hydroxyl groups is 2. The average Bonchev–Trinajstić information content (AvgIpc) is 2.80. The second-order valence-corrected chi connectivity index (χ2v) is 8.67. The summed E-state index contributed by atoms with van der Waals surface area (Å²) in [5.74, 6) is 0.500. The van der Waals surface area contributed by atoms with E-state index in [1.54, 1.807) is 24.3 Å². The second-order valence-electron chi connectivity index (χ2n) is 8.67. The largest absolute Gasteiger partial charge is 0.507 e. The van der Waals surface area contributed by atoms with Crippen molar-refractivity contribution >= 4 is 11.0 Å². The van der Waals surface area contributed by atoms with Crippen LogP contribution in [0.1, 0.15) is 17.9 Å². The molecule has 2 atom stereocenters. The highest BCUT2D eigenvalue weighted by Crippen LogP contribution is 2.43. The average molecular weight is 459 g/mol. The molecule has 1 aliphatic rings. The zero-order valence-corrected chi connectivity index (χ0v) is 18.6. The Balaban J connectivity index is 1.54. The molecule has 7 heteroatoms. The van der Waals surface area contributed by atoms with E-state index in [-0.39, 0.29) is 33.8 Å². The molecular weight excluding hydrogens is 434 g/mol. The Morgan fingerprint density at radius 2 is 1.76 bits per heavy atom. The summed E-state index contributed by atoms with van der Waals surface area (Å²) in [6.45, 7) is 1.12. The number of rotatable bonds is 4. The van der Waals surface area contributed by atoms with Gasteiger partial charge >= 0.3 is 0 Å². The van der Waals surface area contributed by atoms with Gasteiger partial charge in [-0.25, -0.2) is 0 Å². The monoisotopic (exact) mass is 459 g/mol. The molecule has 1 saturated heterocycles. The number of nitrogens with zero attached hydrogens (tertiary/aromatic N) is 1. The van der Waals surface area contributed by atoms with Crippen LogP contribution in [0.15, 0.2) is 75.9 Å². The fourth-order valence-electron chi connectivity index (χ4n) is 4.58. The molecule has 7 nitrogen and oxygen atoms in total. The van der Waals surface area contributed by atoms with E-state index in [9.17, 15) is 20.1 Å². The van der Waals surface area contributed by atoms with Crippen LogP contribution in [-0.4, -0.2) is 46.5 Å². The molecule has 3 aromatic carbocycles. The summed E-state index contributed by atoms with van der Waals surface area (Å²) in [7, 11) is 1.90. The highest BCUT2D eigenvalue weighted by Gasteiger charge is 2.33. The number of para-hydroxylation sites is 1. The molecule has 0 saturated carbocycles. The summed E-state index contributed by atoms with van der Waals surface area (Å²) >= 11 is 0. The van der Waals surface area contributed by atoms with Crippen molar-refractivity contribution in [2.45, 2.75) is 18.4 Å². The molecule has 1 aliphatic heterocycles. The molecule has 1 fully saturated rings. The van der Waals surface area contributed by atoms with Crippen molar-refractivity contribution < 1.29 is 24.5 Å². The Morgan fingerprint density at radius 1 is 1.00 bits per heavy atom. The van der Waals surface area contributed by atoms with Gasteiger partial charge in [-0.3, -0.25) is 4.79 Å². The third-order valence-corrected chi connectivity index (χ3v) is 6.26. The zero-order valence-electron chi connectivity index (χ0n) is 18.6. The van der Waals surface area contributed by atoms with Crippen molar-refractivity contribution in [3.8, 4) is 34.3 Å². The highest BCUT2D eigenvalue weighted by molar-refractivity contribution is 5.88. The van der Waals surface area contributed by atoms with Crippen LogP contribution in [0.2, 0.25) is 0 Å². The predicted octanol–water partition coefficient (Wildman–Crippen LogP) is 4.44. The SMILES string of the molecule is CN1CC[C@H](c2c(O)cc3oc(-c4cccc(Oc5ccccc5)c4)cc(=O)c3c2O)[C@H](O)C1. The smallest absolute Gasteiger partial charge is 0.197 e. The number of hydrogen-bond donors (Lipinski definition) is 3. The van der Waals surface area contributed by atoms with Crippen LogP contribution in [0.3, 0.4) is 0 Å². The van der Waals surface area contributed by atoms with Crippen LogP contribution in [0, 0.1) is 0 Å². The number of likely N-dealkylation sites (tertiary alicyclic amines) is 1. The highest BCUT2D eigenvalue weighted by atomic mass is 16.5. The lowest BCUT2D eigenvalue weighted by atomic mass is 9.85. The van der Waals surface area contributed by atoms with E-state index in [2.05, 4.69) is 0 Å². The van der Waals surface area contributed by atoms with Crippen LogP contribution < -0.4 is 10.2 Å². The molecule has 34 heavy (non-hydrogen) atoms. The number of piperidine rings is 1. The Hall–Kier alpha value is -3.81. The molecule has 0 aliphatic carbocycles. The van der Waals surface area contributed by atoms with Gasteiger partial charge in [-0.05, 0) is 44.3 Å². The van der Waals surface area contributed by atoms with Gasteiger partial charge in [0.25, 0.3) is 0 Å². The summed E-state index contributed by atoms with van der Waals surface area (Å²) < 4.78 is 11.8.